The van der Waals surface area contributed by atoms with Crippen molar-refractivity contribution >= 4 is 34.7 Å². The number of hydrogen-bond acceptors (Lipinski definition) is 6. The van der Waals surface area contributed by atoms with Crippen LogP contribution in [0.15, 0.2) is 54.2 Å². The number of rotatable bonds is 7. The Kier molecular flexibility index (Phi) is 5.16. The highest BCUT2D eigenvalue weighted by atomic mass is 16.6. The molecule has 3 rings (SSSR count). The Morgan fingerprint density at radius 1 is 1.11 bits per heavy atom. The average molecular weight is 381 g/mol. The number of imide groups is 1. The second-order valence-corrected chi connectivity index (χ2v) is 6.06. The maximum Gasteiger partial charge on any atom is 0.303 e. The standard InChI is InChI=1S/C19H15N3O6/c23-15(24)9-6-11-4-7-13(8-5-11)20-17-16(18(25)21-19(17)26)12-2-1-3-14(10-12)22(27)28/h1-5,7-8,10H,6,9H2,(H,23,24)(H2,20,21,25,26). The number of anilines is 1. The molecule has 28 heavy (non-hydrogen) atoms. The van der Waals surface area contributed by atoms with E-state index in [0.29, 0.717) is 12.1 Å². The number of aliphatic carboxylic acids is 1. The van der Waals surface area contributed by atoms with E-state index in [1.807, 2.05) is 0 Å². The number of hydrogen-bond donors (Lipinski definition) is 3. The topological polar surface area (TPSA) is 139 Å². The van der Waals surface area contributed by atoms with Crippen LogP contribution in [0.2, 0.25) is 0 Å². The predicted octanol–water partition coefficient (Wildman–Crippen LogP) is 2.09. The van der Waals surface area contributed by atoms with E-state index in [4.69, 9.17) is 5.11 Å². The zero-order valence-electron chi connectivity index (χ0n) is 14.5. The summed E-state index contributed by atoms with van der Waals surface area (Å²) in [6.07, 6.45) is 0.377. The molecule has 0 atom stereocenters. The van der Waals surface area contributed by atoms with Gasteiger partial charge < -0.3 is 10.4 Å². The van der Waals surface area contributed by atoms with Gasteiger partial charge in [-0.3, -0.25) is 29.8 Å². The monoisotopic (exact) mass is 381 g/mol. The highest BCUT2D eigenvalue weighted by molar-refractivity contribution is 6.36. The molecular weight excluding hydrogens is 366 g/mol. The molecule has 9 heteroatoms. The number of carbonyl (C=O) groups excluding carboxylic acids is 2. The number of nitro benzene ring substituents is 1. The molecule has 1 aliphatic heterocycles. The van der Waals surface area contributed by atoms with E-state index in [9.17, 15) is 24.5 Å². The lowest BCUT2D eigenvalue weighted by molar-refractivity contribution is -0.384. The molecule has 142 valence electrons. The van der Waals surface area contributed by atoms with E-state index >= 15 is 0 Å². The van der Waals surface area contributed by atoms with Crippen LogP contribution in [-0.4, -0.2) is 27.8 Å². The Bertz CT molecular complexity index is 1010. The molecule has 0 fully saturated rings. The van der Waals surface area contributed by atoms with Crippen LogP contribution in [0.5, 0.6) is 0 Å². The van der Waals surface area contributed by atoms with Crippen molar-refractivity contribution in [3.63, 3.8) is 0 Å². The summed E-state index contributed by atoms with van der Waals surface area (Å²) in [6, 6.07) is 12.2. The number of non-ortho nitro benzene ring substituents is 1. The molecule has 1 aliphatic rings. The summed E-state index contributed by atoms with van der Waals surface area (Å²) in [6.45, 7) is 0. The number of carbonyl (C=O) groups is 3. The van der Waals surface area contributed by atoms with Gasteiger partial charge in [0, 0.05) is 24.2 Å². The first kappa shape index (κ1) is 18.8. The van der Waals surface area contributed by atoms with Crippen LogP contribution in [0.3, 0.4) is 0 Å². The molecule has 0 unspecified atom stereocenters. The third-order valence-corrected chi connectivity index (χ3v) is 4.13. The van der Waals surface area contributed by atoms with E-state index in [-0.39, 0.29) is 28.9 Å². The van der Waals surface area contributed by atoms with Gasteiger partial charge in [0.15, 0.2) is 0 Å². The summed E-state index contributed by atoms with van der Waals surface area (Å²) >= 11 is 0. The Morgan fingerprint density at radius 2 is 1.82 bits per heavy atom. The third-order valence-electron chi connectivity index (χ3n) is 4.13. The van der Waals surface area contributed by atoms with Crippen molar-refractivity contribution in [1.29, 1.82) is 0 Å². The molecular formula is C19H15N3O6. The van der Waals surface area contributed by atoms with Gasteiger partial charge in [-0.25, -0.2) is 0 Å². The molecule has 2 amide bonds. The van der Waals surface area contributed by atoms with E-state index in [1.54, 1.807) is 24.3 Å². The molecule has 2 aromatic carbocycles. The minimum absolute atomic E-state index is 0.00572. The molecule has 0 aliphatic carbocycles. The summed E-state index contributed by atoms with van der Waals surface area (Å²) < 4.78 is 0. The summed E-state index contributed by atoms with van der Waals surface area (Å²) in [5.41, 5.74) is 1.39. The SMILES string of the molecule is O=C(O)CCc1ccc(NC2=C(c3cccc([N+](=O)[O-])c3)C(=O)NC2=O)cc1. The second-order valence-electron chi connectivity index (χ2n) is 6.06. The number of nitrogens with zero attached hydrogens (tertiary/aromatic N) is 1. The highest BCUT2D eigenvalue weighted by Crippen LogP contribution is 2.28. The van der Waals surface area contributed by atoms with Gasteiger partial charge in [0.05, 0.1) is 10.5 Å². The van der Waals surface area contributed by atoms with Crippen LogP contribution in [0.25, 0.3) is 5.57 Å². The molecule has 9 nitrogen and oxygen atoms in total. The van der Waals surface area contributed by atoms with Crippen molar-refractivity contribution in [3.8, 4) is 0 Å². The molecule has 1 heterocycles. The van der Waals surface area contributed by atoms with Crippen molar-refractivity contribution in [3.05, 3.63) is 75.5 Å². The van der Waals surface area contributed by atoms with Gasteiger partial charge in [0.1, 0.15) is 5.70 Å². The summed E-state index contributed by atoms with van der Waals surface area (Å²) in [4.78, 5) is 45.4. The number of benzene rings is 2. The zero-order valence-corrected chi connectivity index (χ0v) is 14.5. The number of nitrogens with one attached hydrogen (secondary N) is 2. The van der Waals surface area contributed by atoms with E-state index < -0.39 is 22.7 Å². The first-order valence-corrected chi connectivity index (χ1v) is 8.27. The van der Waals surface area contributed by atoms with Crippen molar-refractivity contribution in [1.82, 2.24) is 5.32 Å². The minimum atomic E-state index is -0.893. The molecule has 2 aromatic rings. The summed E-state index contributed by atoms with van der Waals surface area (Å²) in [5, 5.41) is 24.8. The van der Waals surface area contributed by atoms with Crippen molar-refractivity contribution in [2.45, 2.75) is 12.8 Å². The molecule has 0 saturated carbocycles. The molecule has 0 spiro atoms. The van der Waals surface area contributed by atoms with E-state index in [1.165, 1.54) is 24.3 Å². The lowest BCUT2D eigenvalue weighted by Crippen LogP contribution is -2.24. The van der Waals surface area contributed by atoms with Crippen LogP contribution >= 0.6 is 0 Å². The quantitative estimate of drug-likeness (QED) is 0.379. The Balaban J connectivity index is 1.90. The number of nitro groups is 1. The summed E-state index contributed by atoms with van der Waals surface area (Å²) in [7, 11) is 0. The van der Waals surface area contributed by atoms with Crippen molar-refractivity contribution in [2.75, 3.05) is 5.32 Å². The first-order chi connectivity index (χ1) is 13.3. The Hall–Kier alpha value is -4.01. The molecule has 0 aromatic heterocycles. The van der Waals surface area contributed by atoms with E-state index in [2.05, 4.69) is 10.6 Å². The number of amides is 2. The van der Waals surface area contributed by atoms with Gasteiger partial charge in [-0.1, -0.05) is 24.3 Å². The van der Waals surface area contributed by atoms with Crippen molar-refractivity contribution < 1.29 is 24.4 Å². The average Bonchev–Trinajstić information content (AvgIpc) is 2.94. The number of aryl methyl sites for hydroxylation is 1. The van der Waals surface area contributed by atoms with Gasteiger partial charge in [-0.2, -0.15) is 0 Å². The Labute approximate surface area is 158 Å². The van der Waals surface area contributed by atoms with Gasteiger partial charge in [-0.15, -0.1) is 0 Å². The van der Waals surface area contributed by atoms with Crippen molar-refractivity contribution in [2.24, 2.45) is 0 Å². The fourth-order valence-electron chi connectivity index (χ4n) is 2.78. The lowest BCUT2D eigenvalue weighted by Gasteiger charge is -2.09. The van der Waals surface area contributed by atoms with Crippen LogP contribution < -0.4 is 10.6 Å². The molecule has 3 N–H and O–H groups in total. The molecule has 0 saturated heterocycles. The van der Waals surface area contributed by atoms with Crippen LogP contribution in [-0.2, 0) is 20.8 Å². The zero-order chi connectivity index (χ0) is 20.3. The smallest absolute Gasteiger partial charge is 0.303 e. The molecule has 0 bridgehead atoms. The Morgan fingerprint density at radius 3 is 2.46 bits per heavy atom. The van der Waals surface area contributed by atoms with E-state index in [0.717, 1.165) is 5.56 Å². The fourth-order valence-corrected chi connectivity index (χ4v) is 2.78. The predicted molar refractivity (Wildman–Crippen MR) is 99.2 cm³/mol. The normalized spacial score (nSPS) is 13.4. The van der Waals surface area contributed by atoms with Gasteiger partial charge in [0.25, 0.3) is 17.5 Å². The number of carboxylic acids is 1. The first-order valence-electron chi connectivity index (χ1n) is 8.27. The van der Waals surface area contributed by atoms with Gasteiger partial charge in [0.2, 0.25) is 0 Å². The van der Waals surface area contributed by atoms with Crippen LogP contribution in [0, 0.1) is 10.1 Å². The maximum atomic E-state index is 12.2. The molecule has 0 radical (unpaired) electrons. The lowest BCUT2D eigenvalue weighted by atomic mass is 10.0. The van der Waals surface area contributed by atoms with Crippen LogP contribution in [0.4, 0.5) is 11.4 Å². The van der Waals surface area contributed by atoms with Gasteiger partial charge in [-0.05, 0) is 29.7 Å². The second kappa shape index (κ2) is 7.70. The highest BCUT2D eigenvalue weighted by Gasteiger charge is 2.32. The number of carboxylic acid groups (broad SMARTS) is 1. The largest absolute Gasteiger partial charge is 0.481 e. The fraction of sp³-hybridized carbons (Fsp3) is 0.105. The van der Waals surface area contributed by atoms with Gasteiger partial charge >= 0.3 is 5.97 Å². The summed E-state index contributed by atoms with van der Waals surface area (Å²) in [5.74, 6) is -2.18. The minimum Gasteiger partial charge on any atom is -0.481 e. The van der Waals surface area contributed by atoms with Crippen LogP contribution in [0.1, 0.15) is 17.5 Å². The third kappa shape index (κ3) is 4.04. The maximum absolute atomic E-state index is 12.2.